The zero-order valence-electron chi connectivity index (χ0n) is 14.8. The van der Waals surface area contributed by atoms with Crippen molar-refractivity contribution < 1.29 is 39.7 Å². The van der Waals surface area contributed by atoms with Gasteiger partial charge in [-0.25, -0.2) is 4.79 Å². The molecule has 0 aliphatic carbocycles. The van der Waals surface area contributed by atoms with Crippen molar-refractivity contribution in [3.63, 3.8) is 0 Å². The molecular formula is C16H23BN2O8. The van der Waals surface area contributed by atoms with Crippen molar-refractivity contribution in [1.82, 2.24) is 10.2 Å². The van der Waals surface area contributed by atoms with Gasteiger partial charge in [-0.15, -0.1) is 0 Å². The maximum absolute atomic E-state index is 11.5. The van der Waals surface area contributed by atoms with Crippen LogP contribution in [0, 0.1) is 0 Å². The van der Waals surface area contributed by atoms with Crippen molar-refractivity contribution in [2.24, 2.45) is 0 Å². The summed E-state index contributed by atoms with van der Waals surface area (Å²) in [6.45, 7) is 1.17. The largest absolute Gasteiger partial charge is 0.507 e. The highest BCUT2D eigenvalue weighted by Gasteiger charge is 2.33. The number of nitrogens with zero attached hydrogens (tertiary/aromatic N) is 1. The van der Waals surface area contributed by atoms with Gasteiger partial charge < -0.3 is 35.4 Å². The predicted octanol–water partition coefficient (Wildman–Crippen LogP) is -1.16. The lowest BCUT2D eigenvalue weighted by Crippen LogP contribution is -2.58. The molecule has 1 heterocycles. The number of nitrogens with one attached hydrogen (secondary N) is 1. The van der Waals surface area contributed by atoms with E-state index in [0.29, 0.717) is 19.6 Å². The minimum absolute atomic E-state index is 0.0151. The van der Waals surface area contributed by atoms with Gasteiger partial charge in [0.1, 0.15) is 29.2 Å². The van der Waals surface area contributed by atoms with Crippen LogP contribution in [0.3, 0.4) is 0 Å². The van der Waals surface area contributed by atoms with Crippen LogP contribution in [0.1, 0.15) is 15.9 Å². The Kier molecular flexibility index (Phi) is 7.02. The van der Waals surface area contributed by atoms with E-state index in [0.717, 1.165) is 0 Å². The van der Waals surface area contributed by atoms with Crippen LogP contribution in [0.2, 0.25) is 6.32 Å². The molecule has 1 saturated heterocycles. The molecule has 0 bridgehead atoms. The van der Waals surface area contributed by atoms with E-state index in [9.17, 15) is 19.8 Å². The molecule has 0 amide bonds. The molecule has 1 aliphatic rings. The van der Waals surface area contributed by atoms with Crippen LogP contribution < -0.4 is 10.1 Å². The third-order valence-electron chi connectivity index (χ3n) is 4.41. The highest BCUT2D eigenvalue weighted by Crippen LogP contribution is 2.33. The lowest BCUT2D eigenvalue weighted by molar-refractivity contribution is -0.140. The van der Waals surface area contributed by atoms with Crippen LogP contribution >= 0.6 is 0 Å². The third kappa shape index (κ3) is 5.33. The smallest absolute Gasteiger partial charge is 0.451 e. The lowest BCUT2D eigenvalue weighted by Gasteiger charge is -2.40. The molecule has 1 atom stereocenters. The highest BCUT2D eigenvalue weighted by molar-refractivity contribution is 6.41. The average molecular weight is 382 g/mol. The number of hydrogen-bond acceptors (Lipinski definition) is 8. The van der Waals surface area contributed by atoms with E-state index in [-0.39, 0.29) is 35.7 Å². The normalized spacial score (nSPS) is 15.8. The maximum atomic E-state index is 11.5. The Bertz CT molecular complexity index is 693. The van der Waals surface area contributed by atoms with Gasteiger partial charge in [0.2, 0.25) is 0 Å². The van der Waals surface area contributed by atoms with Gasteiger partial charge in [0, 0.05) is 19.6 Å². The molecule has 2 rings (SSSR count). The number of ether oxygens (including phenoxy) is 1. The highest BCUT2D eigenvalue weighted by atomic mass is 16.5. The fraction of sp³-hybridized carbons (Fsp3) is 0.500. The lowest BCUT2D eigenvalue weighted by atomic mass is 9.82. The summed E-state index contributed by atoms with van der Waals surface area (Å²) in [6, 6.07) is 2.21. The molecule has 6 N–H and O–H groups in total. The summed E-state index contributed by atoms with van der Waals surface area (Å²) in [5.74, 6) is -2.76. The molecule has 1 aromatic carbocycles. The van der Waals surface area contributed by atoms with E-state index < -0.39 is 30.8 Å². The average Bonchev–Trinajstić information content (AvgIpc) is 2.54. The van der Waals surface area contributed by atoms with Crippen LogP contribution in [0.15, 0.2) is 12.1 Å². The molecule has 148 valence electrons. The fourth-order valence-corrected chi connectivity index (χ4v) is 2.88. The molecule has 0 unspecified atom stereocenters. The van der Waals surface area contributed by atoms with Crippen LogP contribution in [-0.4, -0.2) is 88.2 Å². The number of aromatic carboxylic acids is 1. The number of rotatable bonds is 10. The number of benzene rings is 1. The first-order valence-electron chi connectivity index (χ1n) is 8.46. The zero-order valence-corrected chi connectivity index (χ0v) is 14.8. The van der Waals surface area contributed by atoms with E-state index in [1.165, 1.54) is 12.1 Å². The monoisotopic (exact) mass is 382 g/mol. The molecule has 1 aromatic rings. The molecule has 1 fully saturated rings. The van der Waals surface area contributed by atoms with E-state index in [1.807, 2.05) is 4.90 Å². The number of hydrogen-bond donors (Lipinski definition) is 6. The Balaban J connectivity index is 2.02. The molecule has 0 aromatic heterocycles. The Hall–Kier alpha value is -2.34. The molecule has 10 nitrogen and oxygen atoms in total. The minimum atomic E-state index is -1.55. The summed E-state index contributed by atoms with van der Waals surface area (Å²) in [5.41, 5.74) is -0.0987. The SMILES string of the molecule is CN[C@H](CN1CC(Oc2ccc(CCB(O)O)c(O)c2C(=O)O)C1)C(=O)O. The van der Waals surface area contributed by atoms with E-state index >= 15 is 0 Å². The van der Waals surface area contributed by atoms with Crippen LogP contribution in [0.25, 0.3) is 0 Å². The molecular weight excluding hydrogens is 359 g/mol. The Morgan fingerprint density at radius 1 is 1.33 bits per heavy atom. The van der Waals surface area contributed by atoms with E-state index in [2.05, 4.69) is 5.32 Å². The summed E-state index contributed by atoms with van der Waals surface area (Å²) in [5, 5.41) is 49.2. The van der Waals surface area contributed by atoms with Crippen molar-refractivity contribution in [2.75, 3.05) is 26.7 Å². The van der Waals surface area contributed by atoms with Crippen molar-refractivity contribution in [1.29, 1.82) is 0 Å². The number of phenols is 1. The molecule has 0 spiro atoms. The summed E-state index contributed by atoms with van der Waals surface area (Å²) in [7, 11) is 0.00743. The number of aromatic hydroxyl groups is 1. The van der Waals surface area contributed by atoms with Crippen molar-refractivity contribution >= 4 is 19.1 Å². The van der Waals surface area contributed by atoms with Gasteiger partial charge in [-0.05, 0) is 31.4 Å². The first-order valence-corrected chi connectivity index (χ1v) is 8.46. The first kappa shape index (κ1) is 21.0. The molecule has 0 saturated carbocycles. The minimum Gasteiger partial charge on any atom is -0.507 e. The van der Waals surface area contributed by atoms with Gasteiger partial charge >= 0.3 is 19.1 Å². The van der Waals surface area contributed by atoms with E-state index in [1.54, 1.807) is 7.05 Å². The molecule has 27 heavy (non-hydrogen) atoms. The number of carbonyl (C=O) groups is 2. The predicted molar refractivity (Wildman–Crippen MR) is 95.1 cm³/mol. The van der Waals surface area contributed by atoms with E-state index in [4.69, 9.17) is 19.9 Å². The van der Waals surface area contributed by atoms with Crippen LogP contribution in [0.5, 0.6) is 11.5 Å². The summed E-state index contributed by atoms with van der Waals surface area (Å²) >= 11 is 0. The Morgan fingerprint density at radius 2 is 2.00 bits per heavy atom. The van der Waals surface area contributed by atoms with Crippen LogP contribution in [-0.2, 0) is 11.2 Å². The third-order valence-corrected chi connectivity index (χ3v) is 4.41. The number of aryl methyl sites for hydroxylation is 1. The number of likely N-dealkylation sites (N-methyl/N-ethyl adjacent to an activating group) is 1. The summed E-state index contributed by atoms with van der Waals surface area (Å²) in [6.07, 6.45) is -0.262. The second-order valence-corrected chi connectivity index (χ2v) is 6.41. The zero-order chi connectivity index (χ0) is 20.1. The van der Waals surface area contributed by atoms with Gasteiger partial charge in [-0.3, -0.25) is 9.69 Å². The summed E-state index contributed by atoms with van der Waals surface area (Å²) in [4.78, 5) is 24.4. The summed E-state index contributed by atoms with van der Waals surface area (Å²) < 4.78 is 5.66. The van der Waals surface area contributed by atoms with Gasteiger partial charge in [0.25, 0.3) is 0 Å². The number of carboxylic acids is 2. The van der Waals surface area contributed by atoms with Crippen molar-refractivity contribution in [3.05, 3.63) is 23.3 Å². The van der Waals surface area contributed by atoms with Crippen LogP contribution in [0.4, 0.5) is 0 Å². The molecule has 11 heteroatoms. The van der Waals surface area contributed by atoms with Gasteiger partial charge in [-0.1, -0.05) is 6.07 Å². The maximum Gasteiger partial charge on any atom is 0.451 e. The van der Waals surface area contributed by atoms with Crippen molar-refractivity contribution in [2.45, 2.75) is 24.9 Å². The van der Waals surface area contributed by atoms with Gasteiger partial charge in [0.05, 0.1) is 0 Å². The second-order valence-electron chi connectivity index (χ2n) is 6.41. The Labute approximate surface area is 156 Å². The first-order chi connectivity index (χ1) is 12.7. The van der Waals surface area contributed by atoms with Gasteiger partial charge in [0.15, 0.2) is 0 Å². The Morgan fingerprint density at radius 3 is 2.52 bits per heavy atom. The fourth-order valence-electron chi connectivity index (χ4n) is 2.88. The van der Waals surface area contributed by atoms with Crippen molar-refractivity contribution in [3.8, 4) is 11.5 Å². The second kappa shape index (κ2) is 9.04. The van der Waals surface area contributed by atoms with Gasteiger partial charge in [-0.2, -0.15) is 0 Å². The molecule has 1 aliphatic heterocycles. The number of aliphatic carboxylic acids is 1. The number of carboxylic acid groups (broad SMARTS) is 2. The quantitative estimate of drug-likeness (QED) is 0.273. The number of likely N-dealkylation sites (tertiary alicyclic amines) is 1. The topological polar surface area (TPSA) is 160 Å². The molecule has 0 radical (unpaired) electrons. The standard InChI is InChI=1S/C16H23BN2O8/c1-18-11(15(21)22)8-19-6-10(7-19)27-12-3-2-9(4-5-17(25)26)14(20)13(12)16(23)24/h2-3,10-11,18,20,25-26H,4-8H2,1H3,(H,21,22)(H,23,24)/t11-/m1/s1.